The number of nitrogens with zero attached hydrogens (tertiary/aromatic N) is 4. The van der Waals surface area contributed by atoms with Gasteiger partial charge < -0.3 is 4.57 Å². The molecule has 0 saturated carbocycles. The molecule has 5 heteroatoms. The number of rotatable bonds is 4. The van der Waals surface area contributed by atoms with Gasteiger partial charge in [0.25, 0.3) is 5.91 Å². The van der Waals surface area contributed by atoms with Gasteiger partial charge in [-0.3, -0.25) is 9.79 Å². The molecule has 2 aromatic carbocycles. The quantitative estimate of drug-likeness (QED) is 0.607. The third-order valence-corrected chi connectivity index (χ3v) is 4.94. The summed E-state index contributed by atoms with van der Waals surface area (Å²) in [6, 6.07) is 21.7. The molecule has 0 bridgehead atoms. The fourth-order valence-electron chi connectivity index (χ4n) is 3.43. The third kappa shape index (κ3) is 3.27. The van der Waals surface area contributed by atoms with Crippen molar-refractivity contribution in [3.63, 3.8) is 0 Å². The topological polar surface area (TPSA) is 50.0 Å². The smallest absolute Gasteiger partial charge is 0.261 e. The van der Waals surface area contributed by atoms with E-state index >= 15 is 0 Å². The number of amides is 1. The number of benzene rings is 2. The predicted octanol–water partition coefficient (Wildman–Crippen LogP) is 4.84. The van der Waals surface area contributed by atoms with Gasteiger partial charge in [-0.15, -0.1) is 0 Å². The van der Waals surface area contributed by atoms with Crippen molar-refractivity contribution in [2.24, 2.45) is 16.0 Å². The van der Waals surface area contributed by atoms with Crippen LogP contribution in [0.2, 0.25) is 0 Å². The van der Waals surface area contributed by atoms with E-state index in [1.54, 1.807) is 6.21 Å². The van der Waals surface area contributed by atoms with E-state index in [4.69, 9.17) is 0 Å². The highest BCUT2D eigenvalue weighted by Crippen LogP contribution is 2.24. The molecule has 0 fully saturated rings. The van der Waals surface area contributed by atoms with Crippen LogP contribution in [0.5, 0.6) is 0 Å². The Morgan fingerprint density at radius 1 is 0.857 bits per heavy atom. The van der Waals surface area contributed by atoms with Crippen molar-refractivity contribution in [1.82, 2.24) is 4.57 Å². The summed E-state index contributed by atoms with van der Waals surface area (Å²) in [6.45, 7) is 6.04. The van der Waals surface area contributed by atoms with E-state index in [1.165, 1.54) is 16.4 Å². The fraction of sp³-hybridized carbons (Fsp3) is 0.174. The number of aromatic nitrogens is 1. The van der Waals surface area contributed by atoms with Gasteiger partial charge in [-0.2, -0.15) is 10.1 Å². The Morgan fingerprint density at radius 3 is 2.14 bits per heavy atom. The third-order valence-electron chi connectivity index (χ3n) is 4.94. The van der Waals surface area contributed by atoms with Crippen LogP contribution in [-0.4, -0.2) is 22.4 Å². The number of anilines is 1. The lowest BCUT2D eigenvalue weighted by Gasteiger charge is -2.12. The van der Waals surface area contributed by atoms with E-state index < -0.39 is 5.92 Å². The van der Waals surface area contributed by atoms with Crippen molar-refractivity contribution in [2.45, 2.75) is 20.8 Å². The van der Waals surface area contributed by atoms with Crippen molar-refractivity contribution in [3.8, 4) is 5.69 Å². The number of aliphatic imine (C=N–C) groups is 1. The molecule has 5 nitrogen and oxygen atoms in total. The van der Waals surface area contributed by atoms with Crippen molar-refractivity contribution in [3.05, 3.63) is 78.1 Å². The van der Waals surface area contributed by atoms with Crippen molar-refractivity contribution in [2.75, 3.05) is 5.01 Å². The molecular weight excluding hydrogens is 348 g/mol. The van der Waals surface area contributed by atoms with Crippen molar-refractivity contribution in [1.29, 1.82) is 0 Å². The number of carbonyl (C=O) groups is 1. The van der Waals surface area contributed by atoms with Crippen molar-refractivity contribution < 1.29 is 4.79 Å². The first-order valence-electron chi connectivity index (χ1n) is 9.28. The Hall–Kier alpha value is -3.47. The first-order chi connectivity index (χ1) is 13.5. The van der Waals surface area contributed by atoms with Crippen LogP contribution in [0.1, 0.15) is 18.3 Å². The first kappa shape index (κ1) is 17.9. The highest BCUT2D eigenvalue weighted by atomic mass is 16.2. The Bertz CT molecular complexity index is 1040. The van der Waals surface area contributed by atoms with Crippen LogP contribution < -0.4 is 5.01 Å². The molecule has 0 saturated heterocycles. The van der Waals surface area contributed by atoms with Crippen LogP contribution in [0, 0.1) is 19.8 Å². The van der Waals surface area contributed by atoms with Gasteiger partial charge in [0.2, 0.25) is 0 Å². The van der Waals surface area contributed by atoms with Crippen LogP contribution in [0.15, 0.2) is 76.8 Å². The van der Waals surface area contributed by atoms with Gasteiger partial charge in [0.05, 0.1) is 17.1 Å². The number of hydrogen-bond donors (Lipinski definition) is 0. The zero-order valence-electron chi connectivity index (χ0n) is 16.2. The molecule has 140 valence electrons. The molecule has 4 rings (SSSR count). The maximum absolute atomic E-state index is 12.7. The lowest BCUT2D eigenvalue weighted by Crippen LogP contribution is -2.27. The minimum Gasteiger partial charge on any atom is -0.319 e. The van der Waals surface area contributed by atoms with Gasteiger partial charge in [-0.1, -0.05) is 18.2 Å². The molecule has 0 spiro atoms. The SMILES string of the molecule is CC1=NN(c2ccccc2)C(=O)[C@H]1C=Nc1ccc(-n2c(C)ccc2C)cc1. The molecular formula is C23H22N4O. The highest BCUT2D eigenvalue weighted by Gasteiger charge is 2.33. The molecule has 28 heavy (non-hydrogen) atoms. The molecule has 0 N–H and O–H groups in total. The second kappa shape index (κ2) is 7.27. The fourth-order valence-corrected chi connectivity index (χ4v) is 3.43. The van der Waals surface area contributed by atoms with Crippen LogP contribution in [-0.2, 0) is 4.79 Å². The first-order valence-corrected chi connectivity index (χ1v) is 9.28. The summed E-state index contributed by atoms with van der Waals surface area (Å²) in [6.07, 6.45) is 1.69. The minimum atomic E-state index is -0.436. The summed E-state index contributed by atoms with van der Waals surface area (Å²) in [5.74, 6) is -0.517. The highest BCUT2D eigenvalue weighted by molar-refractivity contribution is 6.23. The van der Waals surface area contributed by atoms with Gasteiger partial charge in [-0.25, -0.2) is 0 Å². The summed E-state index contributed by atoms with van der Waals surface area (Å²) in [4.78, 5) is 17.3. The van der Waals surface area contributed by atoms with Crippen molar-refractivity contribution >= 4 is 29.2 Å². The number of carbonyl (C=O) groups excluding carboxylic acids is 1. The number of para-hydroxylation sites is 1. The summed E-state index contributed by atoms with van der Waals surface area (Å²) < 4.78 is 2.20. The van der Waals surface area contributed by atoms with Gasteiger partial charge in [-0.05, 0) is 69.3 Å². The maximum Gasteiger partial charge on any atom is 0.261 e. The average Bonchev–Trinajstić information content (AvgIpc) is 3.19. The van der Waals surface area contributed by atoms with Crippen LogP contribution in [0.4, 0.5) is 11.4 Å². The zero-order valence-corrected chi connectivity index (χ0v) is 16.2. The monoisotopic (exact) mass is 370 g/mol. The molecule has 1 aliphatic rings. The minimum absolute atomic E-state index is 0.0809. The average molecular weight is 370 g/mol. The molecule has 0 unspecified atom stereocenters. The van der Waals surface area contributed by atoms with Gasteiger partial charge in [0.1, 0.15) is 5.92 Å². The van der Waals surface area contributed by atoms with Crippen LogP contribution >= 0.6 is 0 Å². The molecule has 1 aromatic heterocycles. The summed E-state index contributed by atoms with van der Waals surface area (Å²) >= 11 is 0. The summed E-state index contributed by atoms with van der Waals surface area (Å²) in [5.41, 5.74) is 5.81. The van der Waals surface area contributed by atoms with Gasteiger partial charge in [0.15, 0.2) is 0 Å². The van der Waals surface area contributed by atoms with E-state index in [-0.39, 0.29) is 5.91 Å². The van der Waals surface area contributed by atoms with Crippen LogP contribution in [0.25, 0.3) is 5.69 Å². The predicted molar refractivity (Wildman–Crippen MR) is 114 cm³/mol. The van der Waals surface area contributed by atoms with E-state index in [0.29, 0.717) is 0 Å². The van der Waals surface area contributed by atoms with E-state index in [9.17, 15) is 4.79 Å². The Balaban J connectivity index is 1.52. The Labute approximate surface area is 164 Å². The van der Waals surface area contributed by atoms with Crippen LogP contribution in [0.3, 0.4) is 0 Å². The number of aryl methyl sites for hydroxylation is 2. The summed E-state index contributed by atoms with van der Waals surface area (Å²) in [7, 11) is 0. The van der Waals surface area contributed by atoms with Gasteiger partial charge >= 0.3 is 0 Å². The number of hydrazone groups is 1. The normalized spacial score (nSPS) is 16.8. The van der Waals surface area contributed by atoms with E-state index in [1.807, 2.05) is 61.5 Å². The second-order valence-corrected chi connectivity index (χ2v) is 6.95. The largest absolute Gasteiger partial charge is 0.319 e. The molecule has 1 aliphatic heterocycles. The molecule has 0 aliphatic carbocycles. The van der Waals surface area contributed by atoms with E-state index in [2.05, 4.69) is 40.6 Å². The molecule has 0 radical (unpaired) electrons. The molecule has 2 heterocycles. The lowest BCUT2D eigenvalue weighted by molar-refractivity contribution is -0.118. The summed E-state index contributed by atoms with van der Waals surface area (Å²) in [5, 5.41) is 5.86. The lowest BCUT2D eigenvalue weighted by atomic mass is 10.1. The standard InChI is InChI=1S/C23H22N4O/c1-16-9-10-17(2)26(16)20-13-11-19(12-14-20)24-15-22-18(3)25-27(23(22)28)21-7-5-4-6-8-21/h4-15,22H,1-3H3/t22-/m0/s1. The molecule has 1 atom stereocenters. The second-order valence-electron chi connectivity index (χ2n) is 6.95. The Morgan fingerprint density at radius 2 is 1.50 bits per heavy atom. The van der Waals surface area contributed by atoms with E-state index in [0.717, 1.165) is 22.8 Å². The molecule has 1 amide bonds. The van der Waals surface area contributed by atoms with Gasteiger partial charge in [0, 0.05) is 23.3 Å². The Kier molecular flexibility index (Phi) is 4.65. The maximum atomic E-state index is 12.7. The molecule has 3 aromatic rings. The zero-order chi connectivity index (χ0) is 19.7. The number of hydrogen-bond acceptors (Lipinski definition) is 3.